The van der Waals surface area contributed by atoms with Crippen LogP contribution in [0, 0.1) is 24.1 Å². The number of benzene rings is 1. The van der Waals surface area contributed by atoms with E-state index in [2.05, 4.69) is 35.4 Å². The zero-order valence-corrected chi connectivity index (χ0v) is 14.9. The van der Waals surface area contributed by atoms with Gasteiger partial charge in [-0.15, -0.1) is 0 Å². The molecule has 1 N–H and O–H groups in total. The van der Waals surface area contributed by atoms with Gasteiger partial charge >= 0.3 is 0 Å². The van der Waals surface area contributed by atoms with Gasteiger partial charge in [0.2, 0.25) is 0 Å². The minimum Gasteiger partial charge on any atom is -0.382 e. The van der Waals surface area contributed by atoms with Crippen molar-refractivity contribution in [2.24, 2.45) is 0 Å². The summed E-state index contributed by atoms with van der Waals surface area (Å²) >= 11 is 0. The summed E-state index contributed by atoms with van der Waals surface area (Å²) in [5.74, 6) is -0.321. The monoisotopic (exact) mass is 342 g/mol. The van der Waals surface area contributed by atoms with Crippen LogP contribution in [0.1, 0.15) is 24.0 Å². The van der Waals surface area contributed by atoms with Crippen molar-refractivity contribution in [1.29, 1.82) is 5.26 Å². The zero-order valence-electron chi connectivity index (χ0n) is 14.9. The second-order valence-corrected chi connectivity index (χ2v) is 6.86. The molecular formula is C19H23FN4O. The minimum atomic E-state index is -0.321. The fourth-order valence-electron chi connectivity index (χ4n) is 3.50. The van der Waals surface area contributed by atoms with Crippen LogP contribution in [0.4, 0.5) is 10.1 Å². The van der Waals surface area contributed by atoms with Crippen LogP contribution < -0.4 is 5.32 Å². The molecule has 1 saturated heterocycles. The number of anilines is 1. The molecule has 2 heterocycles. The lowest BCUT2D eigenvalue weighted by Gasteiger charge is -2.43. The van der Waals surface area contributed by atoms with Gasteiger partial charge in [0.1, 0.15) is 11.9 Å². The van der Waals surface area contributed by atoms with Crippen molar-refractivity contribution in [1.82, 2.24) is 9.88 Å². The molecule has 0 aliphatic carbocycles. The Morgan fingerprint density at radius 1 is 1.36 bits per heavy atom. The van der Waals surface area contributed by atoms with Crippen LogP contribution in [-0.2, 0) is 4.74 Å². The predicted molar refractivity (Wildman–Crippen MR) is 96.1 cm³/mol. The summed E-state index contributed by atoms with van der Waals surface area (Å²) in [6.45, 7) is 3.92. The van der Waals surface area contributed by atoms with Crippen LogP contribution in [-0.4, -0.2) is 49.3 Å². The molecule has 0 radical (unpaired) electrons. The maximum absolute atomic E-state index is 13.9. The largest absolute Gasteiger partial charge is 0.382 e. The maximum Gasteiger partial charge on any atom is 0.124 e. The van der Waals surface area contributed by atoms with E-state index in [1.54, 1.807) is 6.20 Å². The van der Waals surface area contributed by atoms with Crippen LogP contribution in [0.3, 0.4) is 0 Å². The molecule has 25 heavy (non-hydrogen) atoms. The van der Waals surface area contributed by atoms with Crippen LogP contribution in [0.25, 0.3) is 10.9 Å². The third kappa shape index (κ3) is 3.30. The van der Waals surface area contributed by atoms with Crippen molar-refractivity contribution in [2.45, 2.75) is 25.3 Å². The molecule has 0 atom stereocenters. The van der Waals surface area contributed by atoms with Gasteiger partial charge in [-0.1, -0.05) is 0 Å². The number of nitrogens with zero attached hydrogens (tertiary/aromatic N) is 3. The summed E-state index contributed by atoms with van der Waals surface area (Å²) in [6, 6.07) is 5.08. The second-order valence-electron chi connectivity index (χ2n) is 6.86. The van der Waals surface area contributed by atoms with Crippen molar-refractivity contribution >= 4 is 16.6 Å². The normalized spacial score (nSPS) is 16.8. The first-order valence-corrected chi connectivity index (χ1v) is 8.45. The van der Waals surface area contributed by atoms with Gasteiger partial charge in [0.05, 0.1) is 16.8 Å². The first kappa shape index (κ1) is 17.6. The Hall–Kier alpha value is -2.23. The van der Waals surface area contributed by atoms with E-state index in [1.165, 1.54) is 12.1 Å². The van der Waals surface area contributed by atoms with E-state index in [0.29, 0.717) is 28.7 Å². The van der Waals surface area contributed by atoms with E-state index in [0.717, 1.165) is 31.6 Å². The number of halogens is 1. The highest BCUT2D eigenvalue weighted by Crippen LogP contribution is 2.31. The van der Waals surface area contributed by atoms with Crippen LogP contribution in [0.15, 0.2) is 18.3 Å². The van der Waals surface area contributed by atoms with Gasteiger partial charge in [0, 0.05) is 36.9 Å². The van der Waals surface area contributed by atoms with E-state index < -0.39 is 0 Å². The second kappa shape index (κ2) is 6.95. The van der Waals surface area contributed by atoms with Crippen LogP contribution in [0.5, 0.6) is 0 Å². The summed E-state index contributed by atoms with van der Waals surface area (Å²) in [5, 5.41) is 13.6. The number of aryl methyl sites for hydroxylation is 1. The number of ether oxygens (including phenoxy) is 1. The molecule has 0 spiro atoms. The molecular weight excluding hydrogens is 319 g/mol. The molecule has 1 fully saturated rings. The fraction of sp³-hybridized carbons (Fsp3) is 0.474. The molecule has 0 saturated carbocycles. The lowest BCUT2D eigenvalue weighted by atomic mass is 9.88. The Kier molecular flexibility index (Phi) is 4.89. The topological polar surface area (TPSA) is 61.2 Å². The number of hydrogen-bond acceptors (Lipinski definition) is 5. The lowest BCUT2D eigenvalue weighted by Crippen LogP contribution is -2.53. The van der Waals surface area contributed by atoms with Crippen molar-refractivity contribution in [3.63, 3.8) is 0 Å². The van der Waals surface area contributed by atoms with Crippen LogP contribution in [0.2, 0.25) is 0 Å². The number of hydrogen-bond donors (Lipinski definition) is 1. The molecule has 2 aromatic rings. The highest BCUT2D eigenvalue weighted by molar-refractivity contribution is 5.95. The first-order chi connectivity index (χ1) is 12.0. The number of rotatable bonds is 4. The molecule has 3 rings (SSSR count). The third-order valence-electron chi connectivity index (χ3n) is 5.21. The number of nitrogens with one attached hydrogen (secondary N) is 1. The summed E-state index contributed by atoms with van der Waals surface area (Å²) in [6.07, 6.45) is 3.37. The Balaban J connectivity index is 2.01. The average Bonchev–Trinajstić information content (AvgIpc) is 2.60. The maximum atomic E-state index is 13.9. The molecule has 5 nitrogen and oxygen atoms in total. The van der Waals surface area contributed by atoms with Gasteiger partial charge in [-0.3, -0.25) is 4.98 Å². The molecule has 0 bridgehead atoms. The summed E-state index contributed by atoms with van der Waals surface area (Å²) in [5.41, 5.74) is 2.51. The van der Waals surface area contributed by atoms with Crippen molar-refractivity contribution in [3.05, 3.63) is 35.3 Å². The quantitative estimate of drug-likeness (QED) is 0.925. The molecule has 1 aliphatic rings. The molecule has 0 unspecified atom stereocenters. The number of nitriles is 1. The van der Waals surface area contributed by atoms with Crippen LogP contribution >= 0.6 is 0 Å². The Bertz CT molecular complexity index is 822. The summed E-state index contributed by atoms with van der Waals surface area (Å²) in [7, 11) is 4.12. The first-order valence-electron chi connectivity index (χ1n) is 8.45. The predicted octanol–water partition coefficient (Wildman–Crippen LogP) is 3.08. The molecule has 1 aromatic heterocycles. The smallest absolute Gasteiger partial charge is 0.124 e. The van der Waals surface area contributed by atoms with Crippen molar-refractivity contribution in [3.8, 4) is 6.07 Å². The Morgan fingerprint density at radius 2 is 2.08 bits per heavy atom. The standard InChI is InChI=1S/C19H23FN4O/c1-13-8-15(20)9-16-17(13)22-11-14(10-21)18(16)23-12-19(24(2)3)4-6-25-7-5-19/h8-9,11H,4-7,12H2,1-3H3,(H,22,23). The highest BCUT2D eigenvalue weighted by Gasteiger charge is 2.34. The van der Waals surface area contributed by atoms with Crippen molar-refractivity contribution in [2.75, 3.05) is 39.2 Å². The van der Waals surface area contributed by atoms with Gasteiger partial charge in [0.15, 0.2) is 0 Å². The summed E-state index contributed by atoms with van der Waals surface area (Å²) in [4.78, 5) is 6.55. The summed E-state index contributed by atoms with van der Waals surface area (Å²) < 4.78 is 19.5. The Labute approximate surface area is 147 Å². The van der Waals surface area contributed by atoms with Gasteiger partial charge in [-0.25, -0.2) is 4.39 Å². The number of likely N-dealkylation sites (N-methyl/N-ethyl adjacent to an activating group) is 1. The van der Waals surface area contributed by atoms with Crippen molar-refractivity contribution < 1.29 is 9.13 Å². The van der Waals surface area contributed by atoms with Gasteiger partial charge in [-0.2, -0.15) is 5.26 Å². The lowest BCUT2D eigenvalue weighted by molar-refractivity contribution is -0.000617. The highest BCUT2D eigenvalue weighted by atomic mass is 19.1. The number of aromatic nitrogens is 1. The molecule has 1 aliphatic heterocycles. The van der Waals surface area contributed by atoms with E-state index >= 15 is 0 Å². The van der Waals surface area contributed by atoms with Gasteiger partial charge in [-0.05, 0) is 51.6 Å². The van der Waals surface area contributed by atoms with E-state index in [-0.39, 0.29) is 11.4 Å². The van der Waals surface area contributed by atoms with Gasteiger partial charge < -0.3 is 15.0 Å². The SMILES string of the molecule is Cc1cc(F)cc2c(NCC3(N(C)C)CCOCC3)c(C#N)cnc12. The van der Waals surface area contributed by atoms with E-state index in [4.69, 9.17) is 4.74 Å². The molecule has 1 aromatic carbocycles. The number of fused-ring (bicyclic) bond motifs is 1. The third-order valence-corrected chi connectivity index (χ3v) is 5.21. The minimum absolute atomic E-state index is 0.0526. The average molecular weight is 342 g/mol. The molecule has 6 heteroatoms. The number of pyridine rings is 1. The van der Waals surface area contributed by atoms with Gasteiger partial charge in [0.25, 0.3) is 0 Å². The molecule has 132 valence electrons. The van der Waals surface area contributed by atoms with E-state index in [1.807, 2.05) is 6.92 Å². The zero-order chi connectivity index (χ0) is 18.0. The Morgan fingerprint density at radius 3 is 2.72 bits per heavy atom. The molecule has 0 amide bonds. The fourth-order valence-corrected chi connectivity index (χ4v) is 3.50. The van der Waals surface area contributed by atoms with E-state index in [9.17, 15) is 9.65 Å².